The van der Waals surface area contributed by atoms with Crippen LogP contribution < -0.4 is 4.72 Å². The number of carbonyl (C=O) groups excluding carboxylic acids is 1. The van der Waals surface area contributed by atoms with E-state index in [4.69, 9.17) is 4.74 Å². The number of rotatable bonds is 7. The standard InChI is InChI=1S/C21H36N4O4S/c1-15(2)16-7-9-18(10-8-16)29-14-20-19(23-30(4,27)28)6-5-11-25(20)21(26)17-12-22-24(3)13-17/h12-13,15-16,18-20,23H,5-11,14H2,1-4H3/t16-,18+,19-,20-/m0/s1. The zero-order valence-electron chi connectivity index (χ0n) is 18.6. The van der Waals surface area contributed by atoms with E-state index in [1.165, 1.54) is 6.26 Å². The van der Waals surface area contributed by atoms with Crippen molar-refractivity contribution in [2.24, 2.45) is 18.9 Å². The Morgan fingerprint density at radius 3 is 2.53 bits per heavy atom. The van der Waals surface area contributed by atoms with Crippen molar-refractivity contribution >= 4 is 15.9 Å². The Hall–Kier alpha value is -1.45. The summed E-state index contributed by atoms with van der Waals surface area (Å²) in [7, 11) is -1.61. The summed E-state index contributed by atoms with van der Waals surface area (Å²) in [6.07, 6.45) is 10.4. The molecule has 0 unspecified atom stereocenters. The number of nitrogens with one attached hydrogen (secondary N) is 1. The van der Waals surface area contributed by atoms with Crippen molar-refractivity contribution < 1.29 is 17.9 Å². The van der Waals surface area contributed by atoms with E-state index in [-0.39, 0.29) is 24.1 Å². The van der Waals surface area contributed by atoms with Crippen LogP contribution >= 0.6 is 0 Å². The van der Waals surface area contributed by atoms with Crippen molar-refractivity contribution in [3.8, 4) is 0 Å². The Kier molecular flexibility index (Phi) is 7.57. The van der Waals surface area contributed by atoms with E-state index >= 15 is 0 Å². The summed E-state index contributed by atoms with van der Waals surface area (Å²) >= 11 is 0. The number of hydrogen-bond donors (Lipinski definition) is 1. The molecule has 0 spiro atoms. The fraction of sp³-hybridized carbons (Fsp3) is 0.810. The smallest absolute Gasteiger partial charge is 0.257 e. The van der Waals surface area contributed by atoms with Crippen molar-refractivity contribution in [1.82, 2.24) is 19.4 Å². The topological polar surface area (TPSA) is 93.5 Å². The lowest BCUT2D eigenvalue weighted by molar-refractivity contribution is -0.0282. The molecule has 8 nitrogen and oxygen atoms in total. The molecule has 1 aromatic heterocycles. The Morgan fingerprint density at radius 2 is 1.97 bits per heavy atom. The summed E-state index contributed by atoms with van der Waals surface area (Å²) in [5.41, 5.74) is 0.514. The van der Waals surface area contributed by atoms with E-state index in [2.05, 4.69) is 23.7 Å². The molecule has 0 radical (unpaired) electrons. The second-order valence-corrected chi connectivity index (χ2v) is 11.0. The number of ether oxygens (including phenoxy) is 1. The van der Waals surface area contributed by atoms with Crippen molar-refractivity contribution in [2.75, 3.05) is 19.4 Å². The molecule has 1 amide bonds. The molecule has 0 aromatic carbocycles. The van der Waals surface area contributed by atoms with Gasteiger partial charge in [0.2, 0.25) is 10.0 Å². The Bertz CT molecular complexity index is 815. The van der Waals surface area contributed by atoms with Gasteiger partial charge >= 0.3 is 0 Å². The summed E-state index contributed by atoms with van der Waals surface area (Å²) in [4.78, 5) is 14.9. The van der Waals surface area contributed by atoms with Crippen LogP contribution in [0.5, 0.6) is 0 Å². The largest absolute Gasteiger partial charge is 0.376 e. The molecule has 1 aromatic rings. The maximum atomic E-state index is 13.1. The fourth-order valence-corrected chi connectivity index (χ4v) is 5.61. The van der Waals surface area contributed by atoms with Crippen LogP contribution in [0.25, 0.3) is 0 Å². The molecule has 0 bridgehead atoms. The highest BCUT2D eigenvalue weighted by Gasteiger charge is 2.37. The molecule has 3 rings (SSSR count). The number of amides is 1. The van der Waals surface area contributed by atoms with Crippen molar-refractivity contribution in [1.29, 1.82) is 0 Å². The van der Waals surface area contributed by atoms with Gasteiger partial charge < -0.3 is 9.64 Å². The maximum absolute atomic E-state index is 13.1. The van der Waals surface area contributed by atoms with E-state index < -0.39 is 10.0 Å². The highest BCUT2D eigenvalue weighted by Crippen LogP contribution is 2.32. The van der Waals surface area contributed by atoms with Crippen LogP contribution in [0.15, 0.2) is 12.4 Å². The predicted molar refractivity (Wildman–Crippen MR) is 116 cm³/mol. The molecule has 2 atom stereocenters. The summed E-state index contributed by atoms with van der Waals surface area (Å²) in [5.74, 6) is 1.32. The molecule has 1 saturated heterocycles. The summed E-state index contributed by atoms with van der Waals surface area (Å²) < 4.78 is 34.5. The van der Waals surface area contributed by atoms with Crippen LogP contribution in [0, 0.1) is 11.8 Å². The molecule has 1 saturated carbocycles. The first-order valence-corrected chi connectivity index (χ1v) is 12.9. The molecular formula is C21H36N4O4S. The number of hydrogen-bond acceptors (Lipinski definition) is 5. The van der Waals surface area contributed by atoms with Gasteiger partial charge in [0.05, 0.1) is 36.8 Å². The predicted octanol–water partition coefficient (Wildman–Crippen LogP) is 2.17. The molecular weight excluding hydrogens is 404 g/mol. The molecule has 170 valence electrons. The lowest BCUT2D eigenvalue weighted by atomic mass is 9.80. The number of sulfonamides is 1. The van der Waals surface area contributed by atoms with Gasteiger partial charge in [-0.3, -0.25) is 9.48 Å². The van der Waals surface area contributed by atoms with E-state index in [0.29, 0.717) is 31.1 Å². The average Bonchev–Trinajstić information content (AvgIpc) is 3.11. The lowest BCUT2D eigenvalue weighted by Gasteiger charge is -2.42. The van der Waals surface area contributed by atoms with Gasteiger partial charge in [0, 0.05) is 25.8 Å². The molecule has 9 heteroatoms. The van der Waals surface area contributed by atoms with Crippen LogP contribution in [0.2, 0.25) is 0 Å². The van der Waals surface area contributed by atoms with Gasteiger partial charge in [0.25, 0.3) is 5.91 Å². The van der Waals surface area contributed by atoms with E-state index in [0.717, 1.165) is 38.0 Å². The van der Waals surface area contributed by atoms with E-state index in [1.807, 2.05) is 0 Å². The number of aromatic nitrogens is 2. The van der Waals surface area contributed by atoms with Crippen molar-refractivity contribution in [3.05, 3.63) is 18.0 Å². The average molecular weight is 441 g/mol. The highest BCUT2D eigenvalue weighted by molar-refractivity contribution is 7.88. The maximum Gasteiger partial charge on any atom is 0.257 e. The third-order valence-corrected chi connectivity index (χ3v) is 7.25. The first-order valence-electron chi connectivity index (χ1n) is 11.0. The number of carbonyl (C=O) groups is 1. The number of nitrogens with zero attached hydrogens (tertiary/aromatic N) is 3. The summed E-state index contributed by atoms with van der Waals surface area (Å²) in [5, 5.41) is 4.10. The van der Waals surface area contributed by atoms with E-state index in [1.54, 1.807) is 29.0 Å². The zero-order valence-corrected chi connectivity index (χ0v) is 19.4. The van der Waals surface area contributed by atoms with Gasteiger partial charge in [0.1, 0.15) is 0 Å². The normalized spacial score (nSPS) is 28.1. The quantitative estimate of drug-likeness (QED) is 0.701. The first kappa shape index (κ1) is 23.2. The zero-order chi connectivity index (χ0) is 21.9. The molecule has 1 aliphatic carbocycles. The molecule has 1 N–H and O–H groups in total. The lowest BCUT2D eigenvalue weighted by Crippen LogP contribution is -2.59. The van der Waals surface area contributed by atoms with Crippen LogP contribution in [-0.2, 0) is 21.8 Å². The van der Waals surface area contributed by atoms with Gasteiger partial charge in [-0.1, -0.05) is 13.8 Å². The highest BCUT2D eigenvalue weighted by atomic mass is 32.2. The van der Waals surface area contributed by atoms with Gasteiger partial charge in [-0.15, -0.1) is 0 Å². The van der Waals surface area contributed by atoms with Gasteiger partial charge in [0.15, 0.2) is 0 Å². The molecule has 30 heavy (non-hydrogen) atoms. The SMILES string of the molecule is CC(C)[C@H]1CC[C@@H](OC[C@H]2[C@@H](NS(C)(=O)=O)CCCN2C(=O)c2cnn(C)c2)CC1. The molecule has 2 aliphatic rings. The second-order valence-electron chi connectivity index (χ2n) is 9.22. The monoisotopic (exact) mass is 440 g/mol. The molecule has 2 fully saturated rings. The Labute approximate surface area is 180 Å². The number of likely N-dealkylation sites (tertiary alicyclic amines) is 1. The third kappa shape index (κ3) is 6.04. The Morgan fingerprint density at radius 1 is 1.27 bits per heavy atom. The minimum absolute atomic E-state index is 0.125. The molecule has 2 heterocycles. The van der Waals surface area contributed by atoms with Gasteiger partial charge in [-0.2, -0.15) is 5.10 Å². The second kappa shape index (κ2) is 9.78. The summed E-state index contributed by atoms with van der Waals surface area (Å²) in [6.45, 7) is 5.48. The van der Waals surface area contributed by atoms with Crippen molar-refractivity contribution in [2.45, 2.75) is 70.6 Å². The number of piperidine rings is 1. The van der Waals surface area contributed by atoms with E-state index in [9.17, 15) is 13.2 Å². The van der Waals surface area contributed by atoms with Crippen LogP contribution in [0.1, 0.15) is 62.7 Å². The number of aryl methyl sites for hydroxylation is 1. The van der Waals surface area contributed by atoms with Crippen molar-refractivity contribution in [3.63, 3.8) is 0 Å². The minimum atomic E-state index is -3.39. The van der Waals surface area contributed by atoms with Crippen LogP contribution in [0.3, 0.4) is 0 Å². The fourth-order valence-electron chi connectivity index (χ4n) is 4.78. The molecule has 1 aliphatic heterocycles. The van der Waals surface area contributed by atoms with Crippen LogP contribution in [-0.4, -0.2) is 66.6 Å². The third-order valence-electron chi connectivity index (χ3n) is 6.52. The summed E-state index contributed by atoms with van der Waals surface area (Å²) in [6, 6.07) is -0.676. The van der Waals surface area contributed by atoms with Gasteiger partial charge in [-0.05, 0) is 50.4 Å². The first-order chi connectivity index (χ1) is 14.1. The van der Waals surface area contributed by atoms with Crippen LogP contribution in [0.4, 0.5) is 0 Å². The Balaban J connectivity index is 1.70. The minimum Gasteiger partial charge on any atom is -0.376 e. The van der Waals surface area contributed by atoms with Gasteiger partial charge in [-0.25, -0.2) is 13.1 Å².